The minimum atomic E-state index is -0.742. The Morgan fingerprint density at radius 3 is 2.56 bits per heavy atom. The molecule has 2 atom stereocenters. The molecule has 9 heteroatoms. The summed E-state index contributed by atoms with van der Waals surface area (Å²) in [6.45, 7) is 0.553. The van der Waals surface area contributed by atoms with Crippen molar-refractivity contribution in [3.8, 4) is 11.5 Å². The van der Waals surface area contributed by atoms with Crippen LogP contribution in [0.25, 0.3) is 0 Å². The molecule has 4 aliphatic carbocycles. The first kappa shape index (κ1) is 23.0. The van der Waals surface area contributed by atoms with Gasteiger partial charge >= 0.3 is 5.97 Å². The summed E-state index contributed by atoms with van der Waals surface area (Å²) in [5.74, 6) is 1.24. The third kappa shape index (κ3) is 3.72. The third-order valence-corrected chi connectivity index (χ3v) is 8.39. The number of carboxylic acid groups (broad SMARTS) is 1. The summed E-state index contributed by atoms with van der Waals surface area (Å²) in [7, 11) is 3.20. The third-order valence-electron chi connectivity index (χ3n) is 8.03. The second-order valence-corrected chi connectivity index (χ2v) is 10.6. The lowest BCUT2D eigenvalue weighted by molar-refractivity contribution is -0.173. The van der Waals surface area contributed by atoms with Crippen LogP contribution in [0.1, 0.15) is 44.1 Å². The molecule has 1 aromatic carbocycles. The molecule has 2 aromatic rings. The molecule has 0 amide bonds. The number of anilines is 1. The van der Waals surface area contributed by atoms with E-state index in [1.165, 1.54) is 4.68 Å². The van der Waals surface area contributed by atoms with E-state index in [0.717, 1.165) is 24.8 Å². The van der Waals surface area contributed by atoms with Gasteiger partial charge in [-0.1, -0.05) is 17.7 Å². The van der Waals surface area contributed by atoms with Crippen molar-refractivity contribution < 1.29 is 19.4 Å². The number of nitrogens with zero attached hydrogens (tertiary/aromatic N) is 2. The number of nitrogens with one attached hydrogen (secondary N) is 1. The maximum Gasteiger partial charge on any atom is 0.309 e. The fourth-order valence-corrected chi connectivity index (χ4v) is 7.18. The number of aliphatic carboxylic acids is 1. The molecular formula is C25H30ClN3O5. The number of carboxylic acids is 1. The Kier molecular flexibility index (Phi) is 5.74. The van der Waals surface area contributed by atoms with Crippen LogP contribution in [-0.4, -0.2) is 41.6 Å². The summed E-state index contributed by atoms with van der Waals surface area (Å²) in [5.41, 5.74) is -0.105. The molecule has 34 heavy (non-hydrogen) atoms. The Bertz CT molecular complexity index is 1170. The Morgan fingerprint density at radius 1 is 1.21 bits per heavy atom. The summed E-state index contributed by atoms with van der Waals surface area (Å²) in [6, 6.07) is 5.75. The van der Waals surface area contributed by atoms with E-state index in [-0.39, 0.29) is 10.6 Å². The van der Waals surface area contributed by atoms with Crippen LogP contribution in [0, 0.1) is 17.3 Å². The van der Waals surface area contributed by atoms with E-state index < -0.39 is 16.9 Å². The zero-order chi connectivity index (χ0) is 24.1. The fraction of sp³-hybridized carbons (Fsp3) is 0.560. The van der Waals surface area contributed by atoms with Crippen molar-refractivity contribution in [3.05, 3.63) is 45.3 Å². The largest absolute Gasteiger partial charge is 0.493 e. The maximum absolute atomic E-state index is 13.3. The van der Waals surface area contributed by atoms with Gasteiger partial charge in [0.15, 0.2) is 11.5 Å². The van der Waals surface area contributed by atoms with E-state index in [1.807, 2.05) is 18.2 Å². The molecular weight excluding hydrogens is 458 g/mol. The Balaban J connectivity index is 1.34. The molecule has 0 radical (unpaired) electrons. The quantitative estimate of drug-likeness (QED) is 0.581. The first-order valence-electron chi connectivity index (χ1n) is 11.8. The molecule has 2 N–H and O–H groups in total. The molecule has 0 aliphatic heterocycles. The monoisotopic (exact) mass is 487 g/mol. The van der Waals surface area contributed by atoms with Gasteiger partial charge in [-0.3, -0.25) is 9.59 Å². The van der Waals surface area contributed by atoms with Crippen molar-refractivity contribution in [1.82, 2.24) is 9.78 Å². The van der Waals surface area contributed by atoms with Crippen molar-refractivity contribution in [2.75, 3.05) is 26.1 Å². The molecule has 1 aromatic heterocycles. The summed E-state index contributed by atoms with van der Waals surface area (Å²) in [4.78, 5) is 25.5. The van der Waals surface area contributed by atoms with Crippen molar-refractivity contribution in [2.45, 2.75) is 50.5 Å². The lowest BCUT2D eigenvalue weighted by Gasteiger charge is -2.60. The van der Waals surface area contributed by atoms with Crippen molar-refractivity contribution >= 4 is 23.3 Å². The highest BCUT2D eigenvalue weighted by Crippen LogP contribution is 2.63. The summed E-state index contributed by atoms with van der Waals surface area (Å²) in [6.07, 6.45) is 6.81. The predicted molar refractivity (Wildman–Crippen MR) is 128 cm³/mol. The van der Waals surface area contributed by atoms with Gasteiger partial charge in [-0.25, -0.2) is 4.68 Å². The Labute approximate surface area is 203 Å². The van der Waals surface area contributed by atoms with Crippen LogP contribution in [0.3, 0.4) is 0 Å². The van der Waals surface area contributed by atoms with Gasteiger partial charge in [0.05, 0.1) is 37.1 Å². The average molecular weight is 488 g/mol. The van der Waals surface area contributed by atoms with Crippen molar-refractivity contribution in [3.63, 3.8) is 0 Å². The average Bonchev–Trinajstić information content (AvgIpc) is 2.80. The molecule has 6 rings (SSSR count). The smallest absolute Gasteiger partial charge is 0.309 e. The first-order chi connectivity index (χ1) is 16.3. The van der Waals surface area contributed by atoms with Crippen LogP contribution in [0.5, 0.6) is 11.5 Å². The standard InChI is InChI=1S/C25H30ClN3O5/c1-33-19-4-3-15(8-20(19)34-2)5-6-27-18-13-28-29(22(30)21(18)26)25-11-16-7-17(12-25)10-24(9-16,14-25)23(31)32/h3-4,8,13,16-17,27H,5-7,9-12,14H2,1-2H3,(H,31,32)/t16-,17-,24?,25?/m0/s1. The number of rotatable bonds is 8. The zero-order valence-corrected chi connectivity index (χ0v) is 20.2. The van der Waals surface area contributed by atoms with Crippen LogP contribution in [0.15, 0.2) is 29.2 Å². The zero-order valence-electron chi connectivity index (χ0n) is 19.5. The summed E-state index contributed by atoms with van der Waals surface area (Å²) < 4.78 is 12.1. The van der Waals surface area contributed by atoms with E-state index in [2.05, 4.69) is 10.4 Å². The maximum atomic E-state index is 13.3. The minimum Gasteiger partial charge on any atom is -0.493 e. The van der Waals surface area contributed by atoms with Crippen LogP contribution in [-0.2, 0) is 16.8 Å². The number of aromatic nitrogens is 2. The molecule has 1 heterocycles. The number of methoxy groups -OCH3 is 2. The second kappa shape index (κ2) is 8.48. The topological polar surface area (TPSA) is 103 Å². The molecule has 182 valence electrons. The number of halogens is 1. The highest BCUT2D eigenvalue weighted by Gasteiger charge is 2.62. The normalized spacial score (nSPS) is 29.1. The molecule has 4 fully saturated rings. The van der Waals surface area contributed by atoms with Gasteiger partial charge in [0, 0.05) is 6.54 Å². The van der Waals surface area contributed by atoms with Gasteiger partial charge in [-0.15, -0.1) is 0 Å². The molecule has 4 aliphatic rings. The lowest BCUT2D eigenvalue weighted by Crippen LogP contribution is -2.61. The number of benzene rings is 1. The van der Waals surface area contributed by atoms with Crippen LogP contribution in [0.2, 0.25) is 5.02 Å². The van der Waals surface area contributed by atoms with Gasteiger partial charge in [0.25, 0.3) is 5.56 Å². The molecule has 0 unspecified atom stereocenters. The highest BCUT2D eigenvalue weighted by atomic mass is 35.5. The predicted octanol–water partition coefficient (Wildman–Crippen LogP) is 3.95. The second-order valence-electron chi connectivity index (χ2n) is 10.2. The minimum absolute atomic E-state index is 0.0995. The Morgan fingerprint density at radius 2 is 1.91 bits per heavy atom. The van der Waals surface area contributed by atoms with E-state index in [1.54, 1.807) is 20.4 Å². The van der Waals surface area contributed by atoms with Crippen LogP contribution < -0.4 is 20.3 Å². The summed E-state index contributed by atoms with van der Waals surface area (Å²) in [5, 5.41) is 17.8. The molecule has 4 bridgehead atoms. The Hall–Kier alpha value is -2.74. The molecule has 8 nitrogen and oxygen atoms in total. The molecule has 0 saturated heterocycles. The molecule has 4 saturated carbocycles. The van der Waals surface area contributed by atoms with Gasteiger partial charge < -0.3 is 19.9 Å². The van der Waals surface area contributed by atoms with E-state index in [4.69, 9.17) is 21.1 Å². The SMILES string of the molecule is COc1ccc(CCNc2cnn(C34C[C@H]5C[C@@H](CC(C(=O)O)(C5)C3)C4)c(=O)c2Cl)cc1OC. The lowest BCUT2D eigenvalue weighted by atomic mass is 9.47. The fourth-order valence-electron chi connectivity index (χ4n) is 6.98. The first-order valence-corrected chi connectivity index (χ1v) is 12.1. The number of carbonyl (C=O) groups is 1. The van der Waals surface area contributed by atoms with E-state index in [0.29, 0.717) is 61.3 Å². The number of hydrogen-bond donors (Lipinski definition) is 2. The van der Waals surface area contributed by atoms with Crippen molar-refractivity contribution in [2.24, 2.45) is 17.3 Å². The summed E-state index contributed by atoms with van der Waals surface area (Å²) >= 11 is 6.52. The van der Waals surface area contributed by atoms with Gasteiger partial charge in [0.1, 0.15) is 5.02 Å². The highest BCUT2D eigenvalue weighted by molar-refractivity contribution is 6.32. The van der Waals surface area contributed by atoms with Gasteiger partial charge in [-0.05, 0) is 74.5 Å². The van der Waals surface area contributed by atoms with Crippen molar-refractivity contribution in [1.29, 1.82) is 0 Å². The van der Waals surface area contributed by atoms with Crippen LogP contribution >= 0.6 is 11.6 Å². The van der Waals surface area contributed by atoms with E-state index >= 15 is 0 Å². The number of ether oxygens (including phenoxy) is 2. The van der Waals surface area contributed by atoms with Gasteiger partial charge in [0.2, 0.25) is 0 Å². The number of hydrogen-bond acceptors (Lipinski definition) is 6. The molecule has 0 spiro atoms. The van der Waals surface area contributed by atoms with E-state index in [9.17, 15) is 14.7 Å². The van der Waals surface area contributed by atoms with Gasteiger partial charge in [-0.2, -0.15) is 5.10 Å². The van der Waals surface area contributed by atoms with Crippen LogP contribution in [0.4, 0.5) is 5.69 Å².